The Balaban J connectivity index is 1.84. The van der Waals surface area contributed by atoms with Crippen LogP contribution < -0.4 is 10.2 Å². The number of nitrogens with zero attached hydrogens (tertiary/aromatic N) is 3. The van der Waals surface area contributed by atoms with Crippen molar-refractivity contribution >= 4 is 29.1 Å². The van der Waals surface area contributed by atoms with Crippen LogP contribution in [0, 0.1) is 6.92 Å². The summed E-state index contributed by atoms with van der Waals surface area (Å²) in [5.74, 6) is 2.16. The number of imidazole rings is 1. The van der Waals surface area contributed by atoms with Crippen LogP contribution in [0.4, 0.5) is 16.3 Å². The molecule has 7 heteroatoms. The maximum absolute atomic E-state index is 12.8. The molecule has 0 aliphatic rings. The average Bonchev–Trinajstić information content (AvgIpc) is 3.15. The Morgan fingerprint density at radius 1 is 1.29 bits per heavy atom. The molecule has 1 N–H and O–H groups in total. The molecule has 0 radical (unpaired) electrons. The van der Waals surface area contributed by atoms with Crippen molar-refractivity contribution < 1.29 is 9.21 Å². The zero-order valence-corrected chi connectivity index (χ0v) is 14.1. The minimum atomic E-state index is -0.282. The lowest BCUT2D eigenvalue weighted by Gasteiger charge is -2.22. The number of amides is 2. The van der Waals surface area contributed by atoms with Gasteiger partial charge in [-0.15, -0.1) is 0 Å². The van der Waals surface area contributed by atoms with Crippen LogP contribution in [0.25, 0.3) is 0 Å². The third-order valence-electron chi connectivity index (χ3n) is 3.52. The van der Waals surface area contributed by atoms with E-state index in [0.29, 0.717) is 28.8 Å². The van der Waals surface area contributed by atoms with Crippen molar-refractivity contribution in [1.29, 1.82) is 0 Å². The number of hydrogen-bond acceptors (Lipinski definition) is 3. The third-order valence-corrected chi connectivity index (χ3v) is 3.77. The third kappa shape index (κ3) is 3.60. The number of hydrogen-bond donors (Lipinski definition) is 1. The summed E-state index contributed by atoms with van der Waals surface area (Å²) < 4.78 is 7.37. The van der Waals surface area contributed by atoms with Gasteiger partial charge in [0.2, 0.25) is 0 Å². The average molecular weight is 345 g/mol. The van der Waals surface area contributed by atoms with Crippen LogP contribution in [0.5, 0.6) is 0 Å². The first-order valence-corrected chi connectivity index (χ1v) is 7.76. The largest absolute Gasteiger partial charge is 0.464 e. The predicted molar refractivity (Wildman–Crippen MR) is 93.3 cm³/mol. The summed E-state index contributed by atoms with van der Waals surface area (Å²) in [5.41, 5.74) is 0.659. The van der Waals surface area contributed by atoms with Crippen LogP contribution in [0.15, 0.2) is 53.3 Å². The van der Waals surface area contributed by atoms with E-state index < -0.39 is 0 Å². The molecule has 6 nitrogen and oxygen atoms in total. The van der Waals surface area contributed by atoms with E-state index >= 15 is 0 Å². The van der Waals surface area contributed by atoms with Crippen molar-refractivity contribution in [3.63, 3.8) is 0 Å². The van der Waals surface area contributed by atoms with Crippen LogP contribution in [0.1, 0.15) is 11.5 Å². The summed E-state index contributed by atoms with van der Waals surface area (Å²) in [4.78, 5) is 18.4. The monoisotopic (exact) mass is 344 g/mol. The van der Waals surface area contributed by atoms with E-state index in [9.17, 15) is 4.79 Å². The van der Waals surface area contributed by atoms with E-state index in [2.05, 4.69) is 10.3 Å². The maximum atomic E-state index is 12.8. The molecule has 0 saturated heterocycles. The van der Waals surface area contributed by atoms with Gasteiger partial charge in [-0.05, 0) is 43.3 Å². The van der Waals surface area contributed by atoms with Crippen LogP contribution in [-0.2, 0) is 13.6 Å². The number of carbonyl (C=O) groups excluding carboxylic acids is 1. The number of halogens is 1. The summed E-state index contributed by atoms with van der Waals surface area (Å²) in [6, 6.07) is 10.4. The van der Waals surface area contributed by atoms with Gasteiger partial charge in [0.05, 0.1) is 19.1 Å². The number of carbonyl (C=O) groups is 1. The van der Waals surface area contributed by atoms with Crippen LogP contribution in [0.3, 0.4) is 0 Å². The SMILES string of the molecule is Cc1ccc(CN(C(=O)Nc2ccc(Cl)cc2)c2cncn2C)o1. The Morgan fingerprint density at radius 2 is 2.04 bits per heavy atom. The molecule has 2 aromatic heterocycles. The van der Waals surface area contributed by atoms with Crippen LogP contribution >= 0.6 is 11.6 Å². The summed E-state index contributed by atoms with van der Waals surface area (Å²) in [6.07, 6.45) is 3.28. The number of benzene rings is 1. The van der Waals surface area contributed by atoms with Crippen molar-refractivity contribution in [2.75, 3.05) is 10.2 Å². The van der Waals surface area contributed by atoms with E-state index in [1.165, 1.54) is 0 Å². The first-order valence-electron chi connectivity index (χ1n) is 7.38. The van der Waals surface area contributed by atoms with E-state index in [1.54, 1.807) is 46.3 Å². The van der Waals surface area contributed by atoms with Gasteiger partial charge in [-0.3, -0.25) is 4.90 Å². The van der Waals surface area contributed by atoms with Gasteiger partial charge in [-0.25, -0.2) is 9.78 Å². The van der Waals surface area contributed by atoms with E-state index in [-0.39, 0.29) is 6.03 Å². The fourth-order valence-electron chi connectivity index (χ4n) is 2.32. The molecule has 0 fully saturated rings. The van der Waals surface area contributed by atoms with Crippen molar-refractivity contribution in [1.82, 2.24) is 9.55 Å². The van der Waals surface area contributed by atoms with Gasteiger partial charge in [-0.2, -0.15) is 0 Å². The highest BCUT2D eigenvalue weighted by molar-refractivity contribution is 6.30. The molecule has 0 unspecified atom stereocenters. The summed E-state index contributed by atoms with van der Waals surface area (Å²) in [5, 5.41) is 3.47. The lowest BCUT2D eigenvalue weighted by atomic mass is 10.3. The van der Waals surface area contributed by atoms with Crippen LogP contribution in [-0.4, -0.2) is 15.6 Å². The number of nitrogens with one attached hydrogen (secondary N) is 1. The summed E-state index contributed by atoms with van der Waals surface area (Å²) in [6.45, 7) is 2.17. The second kappa shape index (κ2) is 6.80. The van der Waals surface area contributed by atoms with Gasteiger partial charge in [0.1, 0.15) is 17.3 Å². The van der Waals surface area contributed by atoms with Crippen molar-refractivity contribution in [2.45, 2.75) is 13.5 Å². The van der Waals surface area contributed by atoms with Gasteiger partial charge < -0.3 is 14.3 Å². The van der Waals surface area contributed by atoms with Crippen molar-refractivity contribution in [3.8, 4) is 0 Å². The van der Waals surface area contributed by atoms with Crippen molar-refractivity contribution in [3.05, 3.63) is 65.5 Å². The second-order valence-electron chi connectivity index (χ2n) is 5.40. The zero-order valence-electron chi connectivity index (χ0n) is 13.4. The number of furan rings is 1. The lowest BCUT2D eigenvalue weighted by molar-refractivity contribution is 0.255. The maximum Gasteiger partial charge on any atom is 0.327 e. The molecule has 2 heterocycles. The summed E-state index contributed by atoms with van der Waals surface area (Å²) >= 11 is 5.88. The number of aryl methyl sites for hydroxylation is 2. The fraction of sp³-hybridized carbons (Fsp3) is 0.176. The smallest absolute Gasteiger partial charge is 0.327 e. The number of rotatable bonds is 4. The Morgan fingerprint density at radius 3 is 2.62 bits per heavy atom. The molecule has 0 bridgehead atoms. The Kier molecular flexibility index (Phi) is 4.57. The standard InChI is InChI=1S/C17H17ClN4O2/c1-12-3-8-15(24-12)10-22(16-9-19-11-21(16)2)17(23)20-14-6-4-13(18)5-7-14/h3-9,11H,10H2,1-2H3,(H,20,23). The molecule has 2 amide bonds. The van der Waals surface area contributed by atoms with E-state index in [4.69, 9.17) is 16.0 Å². The van der Waals surface area contributed by atoms with Crippen LogP contribution in [0.2, 0.25) is 5.02 Å². The highest BCUT2D eigenvalue weighted by Gasteiger charge is 2.20. The highest BCUT2D eigenvalue weighted by atomic mass is 35.5. The number of anilines is 2. The Hall–Kier alpha value is -2.73. The van der Waals surface area contributed by atoms with Gasteiger partial charge in [0.25, 0.3) is 0 Å². The normalized spacial score (nSPS) is 10.6. The lowest BCUT2D eigenvalue weighted by Crippen LogP contribution is -2.35. The van der Waals surface area contributed by atoms with Crippen molar-refractivity contribution in [2.24, 2.45) is 7.05 Å². The molecule has 3 aromatic rings. The van der Waals surface area contributed by atoms with E-state index in [0.717, 1.165) is 5.76 Å². The molecule has 0 spiro atoms. The topological polar surface area (TPSA) is 63.3 Å². The quantitative estimate of drug-likeness (QED) is 0.771. The Bertz CT molecular complexity index is 838. The molecule has 1 aromatic carbocycles. The van der Waals surface area contributed by atoms with Gasteiger partial charge >= 0.3 is 6.03 Å². The molecule has 24 heavy (non-hydrogen) atoms. The molecule has 0 atom stereocenters. The first kappa shape index (κ1) is 16.1. The minimum absolute atomic E-state index is 0.282. The predicted octanol–water partition coefficient (Wildman–Crippen LogP) is 4.21. The molecule has 124 valence electrons. The van der Waals surface area contributed by atoms with Gasteiger partial charge in [0, 0.05) is 17.8 Å². The van der Waals surface area contributed by atoms with E-state index in [1.807, 2.05) is 26.1 Å². The second-order valence-corrected chi connectivity index (χ2v) is 5.83. The number of aromatic nitrogens is 2. The highest BCUT2D eigenvalue weighted by Crippen LogP contribution is 2.20. The molecular weight excluding hydrogens is 328 g/mol. The number of urea groups is 1. The molecular formula is C17H17ClN4O2. The minimum Gasteiger partial charge on any atom is -0.464 e. The molecule has 0 aliphatic carbocycles. The fourth-order valence-corrected chi connectivity index (χ4v) is 2.44. The van der Waals surface area contributed by atoms with Gasteiger partial charge in [0.15, 0.2) is 0 Å². The molecule has 3 rings (SSSR count). The zero-order chi connectivity index (χ0) is 17.1. The molecule has 0 saturated carbocycles. The summed E-state index contributed by atoms with van der Waals surface area (Å²) in [7, 11) is 1.83. The first-order chi connectivity index (χ1) is 11.5. The molecule has 0 aliphatic heterocycles. The Labute approximate surface area is 144 Å². The van der Waals surface area contributed by atoms with Gasteiger partial charge in [-0.1, -0.05) is 11.6 Å².